The molecule has 5 N–H and O–H groups in total. The van der Waals surface area contributed by atoms with Crippen LogP contribution >= 0.6 is 0 Å². The minimum atomic E-state index is -1.10. The molecule has 18 nitrogen and oxygen atoms in total. The number of nitrogens with one attached hydrogen (secondary N) is 2. The lowest BCUT2D eigenvalue weighted by Gasteiger charge is -2.25. The Morgan fingerprint density at radius 1 is 0.565 bits per heavy atom. The molecule has 0 saturated carbocycles. The van der Waals surface area contributed by atoms with E-state index in [1.54, 1.807) is 53.2 Å². The van der Waals surface area contributed by atoms with Gasteiger partial charge in [-0.25, -0.2) is 24.1 Å². The quantitative estimate of drug-likeness (QED) is 0.0659. The number of non-ortho nitro benzene ring substituents is 2. The highest BCUT2D eigenvalue weighted by molar-refractivity contribution is 5.98. The monoisotopic (exact) mass is 927 g/mol. The summed E-state index contributed by atoms with van der Waals surface area (Å²) in [6, 6.07) is 45.9. The molecule has 0 spiro atoms. The van der Waals surface area contributed by atoms with Crippen molar-refractivity contribution in [2.24, 2.45) is 5.73 Å². The molecule has 0 saturated heterocycles. The van der Waals surface area contributed by atoms with E-state index >= 15 is 0 Å². The summed E-state index contributed by atoms with van der Waals surface area (Å²) in [7, 11) is 0. The Hall–Kier alpha value is -9.32. The highest BCUT2D eigenvalue weighted by Crippen LogP contribution is 2.38. The van der Waals surface area contributed by atoms with Crippen LogP contribution in [0.25, 0.3) is 22.5 Å². The number of hydrogen-bond donors (Lipinski definition) is 4. The van der Waals surface area contributed by atoms with Gasteiger partial charge in [0.15, 0.2) is 11.4 Å². The van der Waals surface area contributed by atoms with Crippen LogP contribution in [0, 0.1) is 20.2 Å². The summed E-state index contributed by atoms with van der Waals surface area (Å²) >= 11 is 0. The molecule has 10 rings (SSSR count). The lowest BCUT2D eigenvalue weighted by atomic mass is 9.94. The summed E-state index contributed by atoms with van der Waals surface area (Å²) < 4.78 is 14.8. The minimum absolute atomic E-state index is 0. The molecule has 4 heterocycles. The molecule has 0 aliphatic carbocycles. The van der Waals surface area contributed by atoms with Crippen molar-refractivity contribution in [1.29, 1.82) is 0 Å². The number of ether oxygens (including phenoxy) is 2. The second kappa shape index (κ2) is 20.0. The third kappa shape index (κ3) is 9.80. The number of carboxylic acids is 1. The van der Waals surface area contributed by atoms with E-state index in [0.29, 0.717) is 65.4 Å². The Labute approximate surface area is 394 Å². The molecule has 8 aromatic rings. The van der Waals surface area contributed by atoms with E-state index in [1.165, 1.54) is 28.9 Å². The molecule has 2 aromatic heterocycles. The largest absolute Gasteiger partial charge is 0.476 e. The summed E-state index contributed by atoms with van der Waals surface area (Å²) in [5.74, 6) is 1.84. The number of nitro groups is 2. The van der Waals surface area contributed by atoms with Crippen LogP contribution < -0.4 is 26.1 Å². The molecule has 0 bridgehead atoms. The Bertz CT molecular complexity index is 2910. The second-order valence-corrected chi connectivity index (χ2v) is 15.7. The Balaban J connectivity index is 0.000000183. The molecular formula is C51H45N9O9. The van der Waals surface area contributed by atoms with Crippen LogP contribution in [0.1, 0.15) is 75.9 Å². The van der Waals surface area contributed by atoms with Crippen molar-refractivity contribution in [1.82, 2.24) is 19.3 Å². The number of imidazole rings is 2. The van der Waals surface area contributed by atoms with Crippen molar-refractivity contribution in [2.45, 2.75) is 32.1 Å². The average molecular weight is 928 g/mol. The van der Waals surface area contributed by atoms with Gasteiger partial charge in [-0.15, -0.1) is 0 Å². The van der Waals surface area contributed by atoms with E-state index in [0.717, 1.165) is 28.9 Å². The van der Waals surface area contributed by atoms with Crippen molar-refractivity contribution in [2.75, 3.05) is 23.9 Å². The van der Waals surface area contributed by atoms with Gasteiger partial charge in [-0.05, 0) is 96.8 Å². The number of carbonyl (C=O) groups excluding carboxylic acids is 1. The normalized spacial score (nSPS) is 14.4. The Morgan fingerprint density at radius 3 is 1.29 bits per heavy atom. The van der Waals surface area contributed by atoms with Crippen molar-refractivity contribution >= 4 is 23.3 Å². The molecule has 1 amide bonds. The van der Waals surface area contributed by atoms with E-state index < -0.39 is 21.7 Å². The molecule has 18 heteroatoms. The summed E-state index contributed by atoms with van der Waals surface area (Å²) in [5, 5.41) is 32.0. The number of amides is 1. The van der Waals surface area contributed by atoms with Crippen LogP contribution in [0.4, 0.5) is 11.4 Å². The van der Waals surface area contributed by atoms with Gasteiger partial charge in [0.2, 0.25) is 0 Å². The molecule has 2 atom stereocenters. The molecule has 2 aliphatic heterocycles. The first-order valence-corrected chi connectivity index (χ1v) is 21.4. The first-order chi connectivity index (χ1) is 33.0. The van der Waals surface area contributed by atoms with Crippen molar-refractivity contribution in [3.8, 4) is 45.5 Å². The number of hydrogen-bond acceptors (Lipinski definition) is 12. The van der Waals surface area contributed by atoms with Crippen LogP contribution in [0.2, 0.25) is 0 Å². The van der Waals surface area contributed by atoms with Gasteiger partial charge in [0.05, 0.1) is 9.85 Å². The number of nitrogens with zero attached hydrogens (tertiary/aromatic N) is 6. The van der Waals surface area contributed by atoms with Gasteiger partial charge in [0, 0.05) is 60.3 Å². The number of carboxylic acid groups (broad SMARTS) is 1. The lowest BCUT2D eigenvalue weighted by Crippen LogP contribution is -2.32. The predicted molar refractivity (Wildman–Crippen MR) is 258 cm³/mol. The zero-order chi connectivity index (χ0) is 47.3. The molecule has 0 fully saturated rings. The fourth-order valence-corrected chi connectivity index (χ4v) is 8.29. The summed E-state index contributed by atoms with van der Waals surface area (Å²) in [4.78, 5) is 55.3. The summed E-state index contributed by atoms with van der Waals surface area (Å²) in [6.07, 6.45) is 1.40. The molecule has 2 aliphatic rings. The highest BCUT2D eigenvalue weighted by atomic mass is 16.6. The average Bonchev–Trinajstić information content (AvgIpc) is 3.96. The fourth-order valence-electron chi connectivity index (χ4n) is 8.29. The number of nitro benzene ring substituents is 2. The van der Waals surface area contributed by atoms with Gasteiger partial charge >= 0.3 is 5.97 Å². The van der Waals surface area contributed by atoms with Crippen LogP contribution in [0.15, 0.2) is 158 Å². The molecule has 348 valence electrons. The first-order valence-electron chi connectivity index (χ1n) is 21.4. The number of nitrogens with two attached hydrogens (primary N) is 1. The Morgan fingerprint density at radius 2 is 0.928 bits per heavy atom. The Kier molecular flexibility index (Phi) is 13.4. The summed E-state index contributed by atoms with van der Waals surface area (Å²) in [5.41, 5.74) is 16.3. The first kappa shape index (κ1) is 46.2. The van der Waals surface area contributed by atoms with Gasteiger partial charge in [0.25, 0.3) is 17.3 Å². The number of rotatable bonds is 12. The number of para-hydroxylation sites is 2. The molecule has 6 aromatic carbocycles. The molecule has 0 radical (unpaired) electrons. The maximum Gasteiger partial charge on any atom is 0.356 e. The second-order valence-electron chi connectivity index (χ2n) is 15.7. The van der Waals surface area contributed by atoms with E-state index in [2.05, 4.69) is 10.9 Å². The van der Waals surface area contributed by atoms with E-state index in [9.17, 15) is 34.9 Å². The number of aromatic nitrogens is 4. The highest BCUT2D eigenvalue weighted by Gasteiger charge is 2.33. The van der Waals surface area contributed by atoms with Gasteiger partial charge in [-0.3, -0.25) is 25.0 Å². The van der Waals surface area contributed by atoms with E-state index in [4.69, 9.17) is 25.2 Å². The van der Waals surface area contributed by atoms with E-state index in [1.807, 2.05) is 84.9 Å². The van der Waals surface area contributed by atoms with Crippen LogP contribution in [-0.2, 0) is 0 Å². The fraction of sp³-hybridized carbons (Fsp3) is 0.137. The van der Waals surface area contributed by atoms with Crippen LogP contribution in [-0.4, -0.2) is 59.2 Å². The standard InChI is InChI=1S/C25H21N5O4.C25H20N4O5.CH4/c26-24(31)23-22(17-8-12-20(13-9-17)34-19-4-2-1-3-5-19)28-25-21(14-15-27-29(23)25)16-6-10-18(11-7-16)30(32)33;30-25(31)23-22(17-8-12-20(13-9-17)34-19-4-2-1-3-5-19)27-24-21(14-15-26-28(23)24)16-6-10-18(11-7-16)29(32)33;/h1-13,21,27H,14-15H2,(H2,26,31);1-13,21,26H,14-15H2,(H,30,31);1H4. The predicted octanol–water partition coefficient (Wildman–Crippen LogP) is 10.1. The maximum atomic E-state index is 12.4. The number of aromatic carboxylic acids is 1. The number of benzene rings is 6. The van der Waals surface area contributed by atoms with Crippen molar-refractivity contribution in [3.05, 3.63) is 212 Å². The number of primary amides is 1. The zero-order valence-corrected chi connectivity index (χ0v) is 36.0. The minimum Gasteiger partial charge on any atom is -0.476 e. The molecule has 69 heavy (non-hydrogen) atoms. The summed E-state index contributed by atoms with van der Waals surface area (Å²) in [6.45, 7) is 1.13. The van der Waals surface area contributed by atoms with Gasteiger partial charge in [-0.2, -0.15) is 0 Å². The van der Waals surface area contributed by atoms with Crippen molar-refractivity contribution in [3.63, 3.8) is 0 Å². The van der Waals surface area contributed by atoms with E-state index in [-0.39, 0.29) is 42.0 Å². The third-order valence-electron chi connectivity index (χ3n) is 11.5. The topological polar surface area (TPSA) is 245 Å². The van der Waals surface area contributed by atoms with Crippen molar-refractivity contribution < 1.29 is 34.0 Å². The maximum absolute atomic E-state index is 12.4. The number of carbonyl (C=O) groups is 2. The van der Waals surface area contributed by atoms with Gasteiger partial charge in [-0.1, -0.05) is 68.1 Å². The SMILES string of the molecule is C.NC(=O)c1c(-c2ccc(Oc3ccccc3)cc2)nc2n1NCCC2c1ccc([N+](=O)[O-])cc1.O=C(O)c1c(-c2ccc(Oc3ccccc3)cc2)nc2n1NCCC2c1ccc([N+](=O)[O-])cc1. The lowest BCUT2D eigenvalue weighted by molar-refractivity contribution is -0.385. The van der Waals surface area contributed by atoms with Crippen LogP contribution in [0.3, 0.4) is 0 Å². The molecule has 2 unspecified atom stereocenters. The van der Waals surface area contributed by atoms with Gasteiger partial charge < -0.3 is 31.2 Å². The molecular weight excluding hydrogens is 883 g/mol. The third-order valence-corrected chi connectivity index (χ3v) is 11.5. The smallest absolute Gasteiger partial charge is 0.356 e. The zero-order valence-electron chi connectivity index (χ0n) is 36.0. The van der Waals surface area contributed by atoms with Crippen LogP contribution in [0.5, 0.6) is 23.0 Å². The van der Waals surface area contributed by atoms with Gasteiger partial charge in [0.1, 0.15) is 46.0 Å². The number of fused-ring (bicyclic) bond motifs is 2.